The highest BCUT2D eigenvalue weighted by Crippen LogP contribution is 2.12. The van der Waals surface area contributed by atoms with Crippen molar-refractivity contribution in [2.24, 2.45) is 0 Å². The molecule has 24 heavy (non-hydrogen) atoms. The number of amides is 1. The van der Waals surface area contributed by atoms with Crippen LogP contribution in [-0.4, -0.2) is 37.4 Å². The molecular weight excluding hydrogens is 308 g/mol. The summed E-state index contributed by atoms with van der Waals surface area (Å²) in [4.78, 5) is 20.5. The van der Waals surface area contributed by atoms with Crippen LogP contribution in [0, 0.1) is 0 Å². The lowest BCUT2D eigenvalue weighted by Gasteiger charge is -2.03. The van der Waals surface area contributed by atoms with Crippen LogP contribution in [-0.2, 0) is 6.42 Å². The molecule has 0 unspecified atom stereocenters. The van der Waals surface area contributed by atoms with E-state index in [0.717, 1.165) is 0 Å². The molecule has 3 heterocycles. The summed E-state index contributed by atoms with van der Waals surface area (Å²) in [5, 5.41) is 10.9. The number of nitrogens with one attached hydrogen (secondary N) is 1. The number of carbonyl (C=O) groups excluding carboxylic acids is 1. The van der Waals surface area contributed by atoms with Crippen molar-refractivity contribution in [2.45, 2.75) is 26.3 Å². The monoisotopic (exact) mass is 326 g/mol. The van der Waals surface area contributed by atoms with Crippen molar-refractivity contribution in [3.63, 3.8) is 0 Å². The summed E-state index contributed by atoms with van der Waals surface area (Å²) in [7, 11) is 0. The van der Waals surface area contributed by atoms with E-state index in [1.165, 1.54) is 0 Å². The van der Waals surface area contributed by atoms with Crippen LogP contribution in [0.2, 0.25) is 0 Å². The minimum atomic E-state index is -0.175. The highest BCUT2D eigenvalue weighted by Gasteiger charge is 2.12. The van der Waals surface area contributed by atoms with Gasteiger partial charge in [0.1, 0.15) is 5.69 Å². The molecule has 0 spiro atoms. The van der Waals surface area contributed by atoms with Crippen LogP contribution in [0.25, 0.3) is 11.5 Å². The fraction of sp³-hybridized carbons (Fsp3) is 0.312. The number of aromatic nitrogens is 5. The molecule has 8 nitrogen and oxygen atoms in total. The Kier molecular flexibility index (Phi) is 4.64. The van der Waals surface area contributed by atoms with Crippen molar-refractivity contribution in [3.05, 3.63) is 48.2 Å². The third-order valence-corrected chi connectivity index (χ3v) is 3.38. The lowest BCUT2D eigenvalue weighted by molar-refractivity contribution is 0.0953. The minimum absolute atomic E-state index is 0.175. The summed E-state index contributed by atoms with van der Waals surface area (Å²) in [6.07, 6.45) is 5.40. The van der Waals surface area contributed by atoms with Crippen molar-refractivity contribution >= 4 is 5.91 Å². The van der Waals surface area contributed by atoms with Crippen molar-refractivity contribution < 1.29 is 9.32 Å². The number of rotatable bonds is 6. The van der Waals surface area contributed by atoms with E-state index in [1.54, 1.807) is 23.3 Å². The average molecular weight is 326 g/mol. The van der Waals surface area contributed by atoms with Crippen LogP contribution in [0.15, 0.2) is 41.3 Å². The normalized spacial score (nSPS) is 11.0. The third-order valence-electron chi connectivity index (χ3n) is 3.38. The van der Waals surface area contributed by atoms with Gasteiger partial charge in [0.25, 0.3) is 5.91 Å². The highest BCUT2D eigenvalue weighted by atomic mass is 16.5. The van der Waals surface area contributed by atoms with Crippen molar-refractivity contribution in [1.29, 1.82) is 0 Å². The Labute approximate surface area is 138 Å². The van der Waals surface area contributed by atoms with Gasteiger partial charge in [-0.15, -0.1) is 0 Å². The van der Waals surface area contributed by atoms with Gasteiger partial charge in [0.15, 0.2) is 0 Å². The molecule has 3 aromatic heterocycles. The highest BCUT2D eigenvalue weighted by molar-refractivity contribution is 5.93. The molecule has 1 N–H and O–H groups in total. The Morgan fingerprint density at radius 2 is 2.25 bits per heavy atom. The summed E-state index contributed by atoms with van der Waals surface area (Å²) in [5.74, 6) is 0.718. The van der Waals surface area contributed by atoms with Crippen LogP contribution in [0.5, 0.6) is 0 Å². The van der Waals surface area contributed by atoms with E-state index in [9.17, 15) is 4.79 Å². The van der Waals surface area contributed by atoms with Gasteiger partial charge in [0.05, 0.1) is 11.8 Å². The molecule has 0 aromatic carbocycles. The largest absolute Gasteiger partial charge is 0.351 e. The van der Waals surface area contributed by atoms with Crippen molar-refractivity contribution in [1.82, 2.24) is 30.2 Å². The molecule has 0 fully saturated rings. The third kappa shape index (κ3) is 3.65. The van der Waals surface area contributed by atoms with E-state index in [1.807, 2.05) is 32.0 Å². The Balaban J connectivity index is 1.53. The number of hydrogen-bond donors (Lipinski definition) is 1. The first-order valence-electron chi connectivity index (χ1n) is 7.70. The first kappa shape index (κ1) is 15.9. The number of pyridine rings is 1. The molecule has 0 atom stereocenters. The molecule has 0 aliphatic rings. The van der Waals surface area contributed by atoms with E-state index >= 15 is 0 Å². The SMILES string of the molecule is CC(C)n1cc(C(=O)NCCc2nc(-c3ccccn3)no2)cn1. The molecule has 0 saturated carbocycles. The van der Waals surface area contributed by atoms with Crippen LogP contribution >= 0.6 is 0 Å². The summed E-state index contributed by atoms with van der Waals surface area (Å²) in [6, 6.07) is 5.70. The van der Waals surface area contributed by atoms with Crippen LogP contribution < -0.4 is 5.32 Å². The first-order chi connectivity index (χ1) is 11.6. The Hall–Kier alpha value is -3.03. The van der Waals surface area contributed by atoms with Crippen LogP contribution in [0.3, 0.4) is 0 Å². The maximum absolute atomic E-state index is 12.1. The minimum Gasteiger partial charge on any atom is -0.351 e. The Morgan fingerprint density at radius 3 is 2.96 bits per heavy atom. The van der Waals surface area contributed by atoms with E-state index in [2.05, 4.69) is 25.5 Å². The van der Waals surface area contributed by atoms with Gasteiger partial charge in [0.2, 0.25) is 11.7 Å². The lowest BCUT2D eigenvalue weighted by Crippen LogP contribution is -2.25. The molecular formula is C16H18N6O2. The topological polar surface area (TPSA) is 98.7 Å². The molecule has 124 valence electrons. The van der Waals surface area contributed by atoms with Crippen LogP contribution in [0.4, 0.5) is 0 Å². The fourth-order valence-corrected chi connectivity index (χ4v) is 2.08. The summed E-state index contributed by atoms with van der Waals surface area (Å²) >= 11 is 0. The van der Waals surface area contributed by atoms with Gasteiger partial charge in [-0.3, -0.25) is 14.5 Å². The maximum atomic E-state index is 12.1. The second-order valence-corrected chi connectivity index (χ2v) is 5.54. The summed E-state index contributed by atoms with van der Waals surface area (Å²) in [5.41, 5.74) is 1.18. The quantitative estimate of drug-likeness (QED) is 0.742. The molecule has 3 rings (SSSR count). The Bertz CT molecular complexity index is 809. The lowest BCUT2D eigenvalue weighted by atomic mass is 10.3. The molecule has 1 amide bonds. The van der Waals surface area contributed by atoms with Crippen LogP contribution in [0.1, 0.15) is 36.1 Å². The predicted octanol–water partition coefficient (Wildman–Crippen LogP) is 1.88. The van der Waals surface area contributed by atoms with Gasteiger partial charge in [-0.1, -0.05) is 11.2 Å². The molecule has 0 aliphatic carbocycles. The summed E-state index contributed by atoms with van der Waals surface area (Å²) in [6.45, 7) is 4.41. The molecule has 0 saturated heterocycles. The second kappa shape index (κ2) is 7.03. The van der Waals surface area contributed by atoms with Crippen molar-refractivity contribution in [2.75, 3.05) is 6.54 Å². The Morgan fingerprint density at radius 1 is 1.38 bits per heavy atom. The standard InChI is InChI=1S/C16H18N6O2/c1-11(2)22-10-12(9-19-22)16(23)18-8-6-14-20-15(21-24-14)13-5-3-4-7-17-13/h3-5,7,9-11H,6,8H2,1-2H3,(H,18,23). The zero-order valence-electron chi connectivity index (χ0n) is 13.5. The van der Waals surface area contributed by atoms with Gasteiger partial charge < -0.3 is 9.84 Å². The number of nitrogens with zero attached hydrogens (tertiary/aromatic N) is 5. The molecule has 0 bridgehead atoms. The van der Waals surface area contributed by atoms with E-state index < -0.39 is 0 Å². The zero-order valence-corrected chi connectivity index (χ0v) is 13.5. The number of hydrogen-bond acceptors (Lipinski definition) is 6. The molecule has 8 heteroatoms. The predicted molar refractivity (Wildman–Crippen MR) is 86.2 cm³/mol. The summed E-state index contributed by atoms with van der Waals surface area (Å²) < 4.78 is 6.92. The van der Waals surface area contributed by atoms with Crippen molar-refractivity contribution in [3.8, 4) is 11.5 Å². The van der Waals surface area contributed by atoms with Gasteiger partial charge in [-0.05, 0) is 26.0 Å². The van der Waals surface area contributed by atoms with E-state index in [0.29, 0.717) is 35.9 Å². The second-order valence-electron chi connectivity index (χ2n) is 5.54. The van der Waals surface area contributed by atoms with E-state index in [-0.39, 0.29) is 11.9 Å². The van der Waals surface area contributed by atoms with Gasteiger partial charge in [-0.2, -0.15) is 10.1 Å². The molecule has 0 aliphatic heterocycles. The molecule has 0 radical (unpaired) electrons. The van der Waals surface area contributed by atoms with E-state index in [4.69, 9.17) is 4.52 Å². The number of carbonyl (C=O) groups is 1. The zero-order chi connectivity index (χ0) is 16.9. The first-order valence-corrected chi connectivity index (χ1v) is 7.70. The smallest absolute Gasteiger partial charge is 0.254 e. The maximum Gasteiger partial charge on any atom is 0.254 e. The fourth-order valence-electron chi connectivity index (χ4n) is 2.08. The molecule has 3 aromatic rings. The van der Waals surface area contributed by atoms with Gasteiger partial charge >= 0.3 is 0 Å². The van der Waals surface area contributed by atoms with Gasteiger partial charge in [-0.25, -0.2) is 0 Å². The van der Waals surface area contributed by atoms with Gasteiger partial charge in [0, 0.05) is 31.4 Å². The average Bonchev–Trinajstić information content (AvgIpc) is 3.25.